The fourth-order valence-electron chi connectivity index (χ4n) is 2.41. The fourth-order valence-corrected chi connectivity index (χ4v) is 2.41. The summed E-state index contributed by atoms with van der Waals surface area (Å²) in [6, 6.07) is 11.6. The number of carbonyl (C=O) groups excluding carboxylic acids is 1. The van der Waals surface area contributed by atoms with Gasteiger partial charge in [0.1, 0.15) is 5.75 Å². The van der Waals surface area contributed by atoms with Gasteiger partial charge in [-0.2, -0.15) is 4.39 Å². The van der Waals surface area contributed by atoms with Crippen LogP contribution in [0.1, 0.15) is 10.4 Å². The van der Waals surface area contributed by atoms with Gasteiger partial charge in [-0.25, -0.2) is 4.68 Å². The van der Waals surface area contributed by atoms with E-state index in [1.54, 1.807) is 42.6 Å². The van der Waals surface area contributed by atoms with Crippen LogP contribution in [-0.4, -0.2) is 22.8 Å². The Morgan fingerprint density at radius 2 is 2.04 bits per heavy atom. The summed E-state index contributed by atoms with van der Waals surface area (Å²) in [4.78, 5) is 11.4. The second kappa shape index (κ2) is 6.04. The lowest BCUT2D eigenvalue weighted by Crippen LogP contribution is -2.12. The maximum Gasteiger partial charge on any atom is 0.252 e. The van der Waals surface area contributed by atoms with Gasteiger partial charge in [-0.3, -0.25) is 4.79 Å². The minimum Gasteiger partial charge on any atom is -0.496 e. The zero-order valence-corrected chi connectivity index (χ0v) is 12.9. The normalized spacial score (nSPS) is 10.6. The molecule has 122 valence electrons. The van der Waals surface area contributed by atoms with E-state index in [2.05, 4.69) is 5.10 Å². The van der Waals surface area contributed by atoms with E-state index in [9.17, 15) is 9.18 Å². The number of nitrogens with zero attached hydrogens (tertiary/aromatic N) is 2. The summed E-state index contributed by atoms with van der Waals surface area (Å²) in [6.07, 6.45) is 1.54. The first-order valence-corrected chi connectivity index (χ1v) is 7.09. The number of amides is 1. The molecule has 0 atom stereocenters. The molecule has 3 rings (SSSR count). The van der Waals surface area contributed by atoms with Crippen LogP contribution in [0, 0.1) is 5.95 Å². The van der Waals surface area contributed by atoms with Crippen LogP contribution in [0.3, 0.4) is 0 Å². The van der Waals surface area contributed by atoms with Gasteiger partial charge in [-0.15, -0.1) is 5.10 Å². The Morgan fingerprint density at radius 1 is 1.25 bits per heavy atom. The number of hydrogen-bond donors (Lipinski definition) is 2. The monoisotopic (exact) mass is 326 g/mol. The molecular weight excluding hydrogens is 311 g/mol. The number of rotatable bonds is 4. The van der Waals surface area contributed by atoms with E-state index < -0.39 is 11.9 Å². The summed E-state index contributed by atoms with van der Waals surface area (Å²) >= 11 is 0. The van der Waals surface area contributed by atoms with E-state index in [0.717, 1.165) is 0 Å². The summed E-state index contributed by atoms with van der Waals surface area (Å²) in [5, 5.41) is 3.87. The number of hydrogen-bond acceptors (Lipinski definition) is 4. The molecule has 6 nitrogen and oxygen atoms in total. The first kappa shape index (κ1) is 15.5. The largest absolute Gasteiger partial charge is 0.496 e. The number of nitrogen functional groups attached to an aromatic ring is 1. The van der Waals surface area contributed by atoms with Gasteiger partial charge in [0, 0.05) is 11.9 Å². The Kier molecular flexibility index (Phi) is 3.91. The molecule has 0 unspecified atom stereocenters. The average Bonchev–Trinajstić information content (AvgIpc) is 2.96. The van der Waals surface area contributed by atoms with E-state index in [0.29, 0.717) is 16.9 Å². The summed E-state index contributed by atoms with van der Waals surface area (Å²) in [5.41, 5.74) is 13.2. The van der Waals surface area contributed by atoms with Crippen LogP contribution in [-0.2, 0) is 0 Å². The number of primary amides is 1. The van der Waals surface area contributed by atoms with Gasteiger partial charge in [0.15, 0.2) is 0 Å². The molecule has 0 aliphatic heterocycles. The van der Waals surface area contributed by atoms with Gasteiger partial charge in [-0.05, 0) is 35.9 Å². The van der Waals surface area contributed by atoms with Crippen molar-refractivity contribution >= 4 is 11.6 Å². The Hall–Kier alpha value is -3.35. The predicted molar refractivity (Wildman–Crippen MR) is 88.4 cm³/mol. The quantitative estimate of drug-likeness (QED) is 0.719. The molecule has 24 heavy (non-hydrogen) atoms. The van der Waals surface area contributed by atoms with Crippen molar-refractivity contribution < 1.29 is 13.9 Å². The van der Waals surface area contributed by atoms with E-state index in [1.807, 2.05) is 0 Å². The lowest BCUT2D eigenvalue weighted by molar-refractivity contribution is 0.0997. The lowest BCUT2D eigenvalue weighted by atomic mass is 10.1. The van der Waals surface area contributed by atoms with Crippen LogP contribution in [0.4, 0.5) is 10.1 Å². The molecule has 1 amide bonds. The maximum atomic E-state index is 14.3. The predicted octanol–water partition coefficient (Wildman–Crippen LogP) is 2.37. The Labute approximate surface area is 137 Å². The number of carbonyl (C=O) groups is 1. The molecule has 7 heteroatoms. The van der Waals surface area contributed by atoms with Crippen molar-refractivity contribution in [3.63, 3.8) is 0 Å². The molecule has 0 fully saturated rings. The van der Waals surface area contributed by atoms with Crippen molar-refractivity contribution in [2.24, 2.45) is 5.73 Å². The molecule has 0 spiro atoms. The minimum atomic E-state index is -0.647. The molecule has 0 saturated carbocycles. The molecule has 1 aromatic heterocycles. The number of anilines is 1. The third kappa shape index (κ3) is 2.79. The van der Waals surface area contributed by atoms with Crippen LogP contribution < -0.4 is 16.2 Å². The molecule has 3 aromatic rings. The third-order valence-corrected chi connectivity index (χ3v) is 3.58. The first-order chi connectivity index (χ1) is 11.5. The van der Waals surface area contributed by atoms with Crippen LogP contribution in [0.15, 0.2) is 48.7 Å². The topological polar surface area (TPSA) is 96.2 Å². The number of nitrogens with two attached hydrogens (primary N) is 2. The zero-order valence-electron chi connectivity index (χ0n) is 12.9. The zero-order chi connectivity index (χ0) is 17.3. The van der Waals surface area contributed by atoms with Gasteiger partial charge in [0.05, 0.1) is 23.9 Å². The van der Waals surface area contributed by atoms with Gasteiger partial charge >= 0.3 is 0 Å². The molecule has 0 bridgehead atoms. The van der Waals surface area contributed by atoms with Crippen molar-refractivity contribution in [2.45, 2.75) is 0 Å². The Morgan fingerprint density at radius 3 is 2.71 bits per heavy atom. The number of halogens is 1. The van der Waals surface area contributed by atoms with Crippen LogP contribution >= 0.6 is 0 Å². The van der Waals surface area contributed by atoms with E-state index in [1.165, 1.54) is 17.9 Å². The summed E-state index contributed by atoms with van der Waals surface area (Å²) < 4.78 is 20.8. The second-order valence-electron chi connectivity index (χ2n) is 5.15. The van der Waals surface area contributed by atoms with Gasteiger partial charge < -0.3 is 16.2 Å². The number of benzene rings is 2. The molecule has 0 aliphatic rings. The van der Waals surface area contributed by atoms with Crippen LogP contribution in [0.5, 0.6) is 5.75 Å². The highest BCUT2D eigenvalue weighted by Crippen LogP contribution is 2.29. The SMILES string of the molecule is COc1cc(-c2cn(-c3cccc(N)c3)nc2F)ccc1C(N)=O. The highest BCUT2D eigenvalue weighted by Gasteiger charge is 2.15. The molecular formula is C17H15FN4O2. The lowest BCUT2D eigenvalue weighted by Gasteiger charge is -2.07. The summed E-state index contributed by atoms with van der Waals surface area (Å²) in [6.45, 7) is 0. The van der Waals surface area contributed by atoms with E-state index in [-0.39, 0.29) is 16.9 Å². The second-order valence-corrected chi connectivity index (χ2v) is 5.15. The van der Waals surface area contributed by atoms with Crippen molar-refractivity contribution in [3.05, 3.63) is 60.2 Å². The Bertz CT molecular complexity index is 921. The minimum absolute atomic E-state index is 0.227. The van der Waals surface area contributed by atoms with Crippen molar-refractivity contribution in [1.29, 1.82) is 0 Å². The maximum absolute atomic E-state index is 14.3. The van der Waals surface area contributed by atoms with Crippen molar-refractivity contribution in [1.82, 2.24) is 9.78 Å². The highest BCUT2D eigenvalue weighted by atomic mass is 19.1. The van der Waals surface area contributed by atoms with Crippen LogP contribution in [0.2, 0.25) is 0 Å². The first-order valence-electron chi connectivity index (χ1n) is 7.09. The Balaban J connectivity index is 2.06. The van der Waals surface area contributed by atoms with Gasteiger partial charge in [-0.1, -0.05) is 12.1 Å². The molecule has 0 aliphatic carbocycles. The van der Waals surface area contributed by atoms with Gasteiger partial charge in [0.25, 0.3) is 5.91 Å². The molecule has 0 radical (unpaired) electrons. The van der Waals surface area contributed by atoms with Crippen LogP contribution in [0.25, 0.3) is 16.8 Å². The smallest absolute Gasteiger partial charge is 0.252 e. The average molecular weight is 326 g/mol. The van der Waals surface area contributed by atoms with E-state index in [4.69, 9.17) is 16.2 Å². The van der Waals surface area contributed by atoms with E-state index >= 15 is 0 Å². The number of aromatic nitrogens is 2. The standard InChI is InChI=1S/C17H15FN4O2/c1-24-15-7-10(5-6-13(15)17(20)23)14-9-22(21-16(14)18)12-4-2-3-11(19)8-12/h2-9H,19H2,1H3,(H2,20,23). The molecule has 4 N–H and O–H groups in total. The van der Waals surface area contributed by atoms with Crippen molar-refractivity contribution in [2.75, 3.05) is 12.8 Å². The fraction of sp³-hybridized carbons (Fsp3) is 0.0588. The number of ether oxygens (including phenoxy) is 1. The van der Waals surface area contributed by atoms with Gasteiger partial charge in [0.2, 0.25) is 5.95 Å². The molecule has 1 heterocycles. The summed E-state index contributed by atoms with van der Waals surface area (Å²) in [5.74, 6) is -0.989. The molecule has 2 aromatic carbocycles. The highest BCUT2D eigenvalue weighted by molar-refractivity contribution is 5.96. The van der Waals surface area contributed by atoms with Crippen molar-refractivity contribution in [3.8, 4) is 22.6 Å². The molecule has 0 saturated heterocycles. The summed E-state index contributed by atoms with van der Waals surface area (Å²) in [7, 11) is 1.41. The number of methoxy groups -OCH3 is 1. The third-order valence-electron chi connectivity index (χ3n) is 3.58.